The van der Waals surface area contributed by atoms with Crippen LogP contribution < -0.4 is 0 Å². The van der Waals surface area contributed by atoms with Crippen molar-refractivity contribution in [3.8, 4) is 0 Å². The van der Waals surface area contributed by atoms with E-state index in [9.17, 15) is 14.8 Å². The molecule has 1 aromatic rings. The third kappa shape index (κ3) is 2.97. The minimum Gasteiger partial charge on any atom is -0.278 e. The summed E-state index contributed by atoms with van der Waals surface area (Å²) in [7, 11) is 0. The maximum atomic E-state index is 12.0. The topological polar surface area (TPSA) is 57.6 Å². The average Bonchev–Trinajstić information content (AvgIpc) is 2.64. The first-order chi connectivity index (χ1) is 9.91. The van der Waals surface area contributed by atoms with Crippen LogP contribution in [-0.4, -0.2) is 22.1 Å². The van der Waals surface area contributed by atoms with Crippen molar-refractivity contribution in [3.63, 3.8) is 0 Å². The van der Waals surface area contributed by atoms with Crippen LogP contribution in [0.1, 0.15) is 58.2 Å². The van der Waals surface area contributed by atoms with Gasteiger partial charge >= 0.3 is 0 Å². The van der Waals surface area contributed by atoms with E-state index in [1.165, 1.54) is 6.08 Å². The number of imide groups is 1. The van der Waals surface area contributed by atoms with Crippen molar-refractivity contribution < 1.29 is 14.8 Å². The van der Waals surface area contributed by atoms with Crippen LogP contribution in [0.2, 0.25) is 0 Å². The highest BCUT2D eigenvalue weighted by atomic mass is 16.5. The van der Waals surface area contributed by atoms with E-state index in [0.29, 0.717) is 5.56 Å². The predicted molar refractivity (Wildman–Crippen MR) is 85.5 cm³/mol. The summed E-state index contributed by atoms with van der Waals surface area (Å²) in [5, 5.41) is 9.60. The van der Waals surface area contributed by atoms with E-state index in [2.05, 4.69) is 47.6 Å². The molecule has 0 unspecified atom stereocenters. The molecule has 0 radical (unpaired) electrons. The van der Waals surface area contributed by atoms with Gasteiger partial charge in [-0.3, -0.25) is 14.8 Å². The highest BCUT2D eigenvalue weighted by Gasteiger charge is 2.32. The number of carbonyl (C=O) groups is 2. The summed E-state index contributed by atoms with van der Waals surface area (Å²) >= 11 is 0. The van der Waals surface area contributed by atoms with Crippen molar-refractivity contribution in [3.05, 3.63) is 41.0 Å². The molecule has 1 aliphatic heterocycles. The van der Waals surface area contributed by atoms with Crippen molar-refractivity contribution >= 4 is 17.4 Å². The fourth-order valence-electron chi connectivity index (χ4n) is 2.32. The molecule has 4 nitrogen and oxygen atoms in total. The Morgan fingerprint density at radius 1 is 0.864 bits per heavy atom. The molecule has 0 aromatic heterocycles. The van der Waals surface area contributed by atoms with E-state index in [0.717, 1.165) is 11.1 Å². The molecule has 2 rings (SSSR count). The molecule has 0 aliphatic carbocycles. The van der Waals surface area contributed by atoms with Crippen molar-refractivity contribution in [2.75, 3.05) is 0 Å². The summed E-state index contributed by atoms with van der Waals surface area (Å²) in [4.78, 5) is 23.5. The summed E-state index contributed by atoms with van der Waals surface area (Å²) in [6.07, 6.45) is 1.19. The molecule has 0 fully saturated rings. The summed E-state index contributed by atoms with van der Waals surface area (Å²) in [5.41, 5.74) is 2.93. The number of hydroxylamine groups is 2. The molecule has 1 aromatic carbocycles. The first-order valence-electron chi connectivity index (χ1n) is 7.36. The van der Waals surface area contributed by atoms with Gasteiger partial charge in [-0.2, -0.15) is 0 Å². The zero-order valence-corrected chi connectivity index (χ0v) is 14.0. The Kier molecular flexibility index (Phi) is 3.78. The van der Waals surface area contributed by atoms with Crippen LogP contribution >= 0.6 is 0 Å². The number of carbonyl (C=O) groups excluding carboxylic acids is 2. The van der Waals surface area contributed by atoms with Crippen molar-refractivity contribution in [2.24, 2.45) is 0 Å². The fraction of sp³-hybridized carbons (Fsp3) is 0.444. The molecule has 0 saturated carbocycles. The minimum atomic E-state index is -0.696. The van der Waals surface area contributed by atoms with Crippen molar-refractivity contribution in [1.82, 2.24) is 5.06 Å². The van der Waals surface area contributed by atoms with Crippen LogP contribution in [-0.2, 0) is 20.4 Å². The van der Waals surface area contributed by atoms with Gasteiger partial charge in [-0.1, -0.05) is 59.7 Å². The Labute approximate surface area is 131 Å². The largest absolute Gasteiger partial charge is 0.285 e. The molecule has 1 N–H and O–H groups in total. The van der Waals surface area contributed by atoms with E-state index in [4.69, 9.17) is 0 Å². The Morgan fingerprint density at radius 3 is 1.64 bits per heavy atom. The summed E-state index contributed by atoms with van der Waals surface area (Å²) in [6.45, 7) is 12.6. The molecular weight excluding hydrogens is 278 g/mol. The molecular formula is C18H23NO3. The van der Waals surface area contributed by atoms with Crippen LogP contribution in [0, 0.1) is 0 Å². The van der Waals surface area contributed by atoms with Gasteiger partial charge in [0, 0.05) is 6.08 Å². The highest BCUT2D eigenvalue weighted by Crippen LogP contribution is 2.33. The third-order valence-electron chi connectivity index (χ3n) is 3.88. The number of rotatable bonds is 1. The van der Waals surface area contributed by atoms with Gasteiger partial charge in [0.1, 0.15) is 0 Å². The number of hydrogen-bond donors (Lipinski definition) is 1. The van der Waals surface area contributed by atoms with Crippen molar-refractivity contribution in [2.45, 2.75) is 52.4 Å². The van der Waals surface area contributed by atoms with Gasteiger partial charge in [-0.25, -0.2) is 0 Å². The summed E-state index contributed by atoms with van der Waals surface area (Å²) < 4.78 is 0. The number of amides is 2. The van der Waals surface area contributed by atoms with Gasteiger partial charge in [-0.05, 0) is 27.5 Å². The maximum Gasteiger partial charge on any atom is 0.285 e. The molecule has 4 heteroatoms. The highest BCUT2D eigenvalue weighted by molar-refractivity contribution is 6.32. The minimum absolute atomic E-state index is 0.0822. The Morgan fingerprint density at radius 2 is 1.32 bits per heavy atom. The van der Waals surface area contributed by atoms with E-state index >= 15 is 0 Å². The standard InChI is InChI=1S/C18H23NO3/c1-17(2,3)12-7-11(8-13(9-12)18(4,5)6)14-10-15(20)19(22)16(14)21/h7-10,22H,1-6H3. The third-order valence-corrected chi connectivity index (χ3v) is 3.88. The Balaban J connectivity index is 2.65. The molecule has 1 aliphatic rings. The summed E-state index contributed by atoms with van der Waals surface area (Å²) in [5.74, 6) is -1.37. The lowest BCUT2D eigenvalue weighted by atomic mass is 9.79. The van der Waals surface area contributed by atoms with E-state index in [-0.39, 0.29) is 21.5 Å². The normalized spacial score (nSPS) is 16.3. The first-order valence-corrected chi connectivity index (χ1v) is 7.36. The van der Waals surface area contributed by atoms with Gasteiger partial charge in [0.15, 0.2) is 0 Å². The Bertz CT molecular complexity index is 640. The second kappa shape index (κ2) is 5.06. The molecule has 0 atom stereocenters. The van der Waals surface area contributed by atoms with Crippen LogP contribution in [0.15, 0.2) is 24.3 Å². The van der Waals surface area contributed by atoms with Gasteiger partial charge in [0.25, 0.3) is 11.8 Å². The monoisotopic (exact) mass is 301 g/mol. The lowest BCUT2D eigenvalue weighted by Gasteiger charge is -2.26. The molecule has 0 spiro atoms. The van der Waals surface area contributed by atoms with E-state index < -0.39 is 11.8 Å². The first kappa shape index (κ1) is 16.4. The SMILES string of the molecule is CC(C)(C)c1cc(C2=CC(=O)N(O)C2=O)cc(C(C)(C)C)c1. The molecule has 0 saturated heterocycles. The average molecular weight is 301 g/mol. The van der Waals surface area contributed by atoms with Gasteiger partial charge in [0.05, 0.1) is 5.57 Å². The Hall–Kier alpha value is -1.94. The van der Waals surface area contributed by atoms with E-state index in [1.807, 2.05) is 12.1 Å². The molecule has 0 bridgehead atoms. The second-order valence-electron chi connectivity index (χ2n) is 7.81. The van der Waals surface area contributed by atoms with Crippen LogP contribution in [0.25, 0.3) is 5.57 Å². The quantitative estimate of drug-likeness (QED) is 0.638. The molecule has 22 heavy (non-hydrogen) atoms. The second-order valence-corrected chi connectivity index (χ2v) is 7.81. The zero-order chi connectivity index (χ0) is 16.9. The fourth-order valence-corrected chi connectivity index (χ4v) is 2.32. The van der Waals surface area contributed by atoms with Gasteiger partial charge in [0.2, 0.25) is 0 Å². The van der Waals surface area contributed by atoms with E-state index in [1.54, 1.807) is 0 Å². The molecule has 118 valence electrons. The smallest absolute Gasteiger partial charge is 0.278 e. The molecule has 1 heterocycles. The number of hydrogen-bond acceptors (Lipinski definition) is 3. The lowest BCUT2D eigenvalue weighted by molar-refractivity contribution is -0.168. The lowest BCUT2D eigenvalue weighted by Crippen LogP contribution is -2.26. The maximum absolute atomic E-state index is 12.0. The summed E-state index contributed by atoms with van der Waals surface area (Å²) in [6, 6.07) is 5.98. The van der Waals surface area contributed by atoms with Crippen LogP contribution in [0.5, 0.6) is 0 Å². The van der Waals surface area contributed by atoms with Gasteiger partial charge < -0.3 is 0 Å². The van der Waals surface area contributed by atoms with Crippen molar-refractivity contribution in [1.29, 1.82) is 0 Å². The number of nitrogens with zero attached hydrogens (tertiary/aromatic N) is 1. The molecule has 2 amide bonds. The van der Waals surface area contributed by atoms with Crippen LogP contribution in [0.3, 0.4) is 0 Å². The van der Waals surface area contributed by atoms with Gasteiger partial charge in [-0.15, -0.1) is 5.06 Å². The predicted octanol–water partition coefficient (Wildman–Crippen LogP) is 3.42. The van der Waals surface area contributed by atoms with Crippen LogP contribution in [0.4, 0.5) is 0 Å². The zero-order valence-electron chi connectivity index (χ0n) is 14.0. The number of benzene rings is 1.